The van der Waals surface area contributed by atoms with Crippen molar-refractivity contribution in [3.05, 3.63) is 53.8 Å². The molecule has 4 nitrogen and oxygen atoms in total. The third-order valence-corrected chi connectivity index (χ3v) is 3.92. The van der Waals surface area contributed by atoms with Crippen molar-refractivity contribution >= 4 is 32.6 Å². The highest BCUT2D eigenvalue weighted by Crippen LogP contribution is 2.26. The van der Waals surface area contributed by atoms with Gasteiger partial charge in [-0.2, -0.15) is 0 Å². The number of aryl methyl sites for hydroxylation is 1. The molecule has 0 saturated carbocycles. The second kappa shape index (κ2) is 6.11. The normalized spacial score (nSPS) is 10.6. The quantitative estimate of drug-likeness (QED) is 0.797. The number of carbonyl (C=O) groups is 1. The highest BCUT2D eigenvalue weighted by atomic mass is 32.1. The number of halogens is 1. The predicted octanol–water partition coefficient (Wildman–Crippen LogP) is 3.76. The number of carbonyl (C=O) groups excluding carboxylic acids is 1. The van der Waals surface area contributed by atoms with Crippen molar-refractivity contribution in [2.75, 3.05) is 11.9 Å². The van der Waals surface area contributed by atoms with Crippen LogP contribution in [0.15, 0.2) is 42.5 Å². The van der Waals surface area contributed by atoms with Gasteiger partial charge in [0.2, 0.25) is 0 Å². The summed E-state index contributed by atoms with van der Waals surface area (Å²) in [4.78, 5) is 16.2. The predicted molar refractivity (Wildman–Crippen MR) is 84.9 cm³/mol. The first kappa shape index (κ1) is 14.5. The molecular formula is C16H13FN2O2S. The van der Waals surface area contributed by atoms with Crippen LogP contribution in [0.4, 0.5) is 9.52 Å². The summed E-state index contributed by atoms with van der Waals surface area (Å²) < 4.78 is 19.5. The maximum absolute atomic E-state index is 13.4. The lowest BCUT2D eigenvalue weighted by Crippen LogP contribution is -2.20. The number of thiazole rings is 1. The van der Waals surface area contributed by atoms with E-state index in [0.717, 1.165) is 15.8 Å². The summed E-state index contributed by atoms with van der Waals surface area (Å²) in [5.74, 6) is -0.817. The molecule has 0 aliphatic heterocycles. The van der Waals surface area contributed by atoms with E-state index in [1.165, 1.54) is 23.5 Å². The molecule has 0 fully saturated rings. The van der Waals surface area contributed by atoms with E-state index >= 15 is 0 Å². The van der Waals surface area contributed by atoms with Crippen LogP contribution in [0.1, 0.15) is 5.56 Å². The number of para-hydroxylation sites is 1. The van der Waals surface area contributed by atoms with Crippen LogP contribution < -0.4 is 10.1 Å². The van der Waals surface area contributed by atoms with Crippen molar-refractivity contribution in [1.29, 1.82) is 0 Å². The van der Waals surface area contributed by atoms with Gasteiger partial charge in [-0.15, -0.1) is 0 Å². The van der Waals surface area contributed by atoms with Gasteiger partial charge >= 0.3 is 0 Å². The molecule has 0 aliphatic carbocycles. The Morgan fingerprint density at radius 3 is 2.95 bits per heavy atom. The Morgan fingerprint density at radius 2 is 2.14 bits per heavy atom. The molecule has 3 aromatic rings. The molecule has 0 spiro atoms. The maximum atomic E-state index is 13.4. The average molecular weight is 316 g/mol. The summed E-state index contributed by atoms with van der Waals surface area (Å²) >= 11 is 1.39. The van der Waals surface area contributed by atoms with Crippen LogP contribution in [-0.4, -0.2) is 17.5 Å². The Morgan fingerprint density at radius 1 is 1.32 bits per heavy atom. The van der Waals surface area contributed by atoms with Gasteiger partial charge in [-0.1, -0.05) is 29.5 Å². The molecule has 3 rings (SSSR count). The van der Waals surface area contributed by atoms with Gasteiger partial charge in [0, 0.05) is 0 Å². The number of benzene rings is 2. The van der Waals surface area contributed by atoms with E-state index in [-0.39, 0.29) is 18.3 Å². The zero-order chi connectivity index (χ0) is 15.5. The number of fused-ring (bicyclic) bond motifs is 1. The van der Waals surface area contributed by atoms with E-state index < -0.39 is 5.82 Å². The number of amides is 1. The molecule has 1 heterocycles. The Balaban J connectivity index is 1.64. The number of hydrogen-bond acceptors (Lipinski definition) is 4. The average Bonchev–Trinajstić information content (AvgIpc) is 2.87. The first-order chi connectivity index (χ1) is 10.6. The fourth-order valence-corrected chi connectivity index (χ4v) is 2.93. The SMILES string of the molecule is Cc1ccc2nc(NC(=O)COc3ccccc3F)sc2c1. The molecule has 112 valence electrons. The van der Waals surface area contributed by atoms with E-state index in [1.54, 1.807) is 12.1 Å². The Bertz CT molecular complexity index is 832. The zero-order valence-electron chi connectivity index (χ0n) is 11.8. The Kier molecular flexibility index (Phi) is 4.02. The van der Waals surface area contributed by atoms with Gasteiger partial charge in [-0.25, -0.2) is 9.37 Å². The highest BCUT2D eigenvalue weighted by molar-refractivity contribution is 7.22. The van der Waals surface area contributed by atoms with Crippen LogP contribution in [0.2, 0.25) is 0 Å². The van der Waals surface area contributed by atoms with Crippen LogP contribution in [0.3, 0.4) is 0 Å². The third-order valence-electron chi connectivity index (χ3n) is 2.99. The summed E-state index contributed by atoms with van der Waals surface area (Å²) in [7, 11) is 0. The molecule has 0 radical (unpaired) electrons. The number of hydrogen-bond donors (Lipinski definition) is 1. The number of rotatable bonds is 4. The van der Waals surface area contributed by atoms with Crippen LogP contribution in [0, 0.1) is 12.7 Å². The van der Waals surface area contributed by atoms with Crippen LogP contribution in [0.5, 0.6) is 5.75 Å². The van der Waals surface area contributed by atoms with Crippen molar-refractivity contribution in [2.24, 2.45) is 0 Å². The van der Waals surface area contributed by atoms with Gasteiger partial charge in [0.1, 0.15) is 0 Å². The molecule has 0 atom stereocenters. The van der Waals surface area contributed by atoms with Gasteiger partial charge < -0.3 is 4.74 Å². The van der Waals surface area contributed by atoms with Gasteiger partial charge in [0.15, 0.2) is 23.3 Å². The third kappa shape index (κ3) is 3.23. The molecule has 0 bridgehead atoms. The van der Waals surface area contributed by atoms with Crippen LogP contribution in [0.25, 0.3) is 10.2 Å². The lowest BCUT2D eigenvalue weighted by molar-refractivity contribution is -0.118. The number of aromatic nitrogens is 1. The molecule has 2 aromatic carbocycles. The van der Waals surface area contributed by atoms with Gasteiger partial charge in [-0.05, 0) is 36.8 Å². The summed E-state index contributed by atoms with van der Waals surface area (Å²) in [6.45, 7) is 1.73. The minimum atomic E-state index is -0.495. The van der Waals surface area contributed by atoms with Crippen molar-refractivity contribution in [3.63, 3.8) is 0 Å². The Hall–Kier alpha value is -2.47. The summed E-state index contributed by atoms with van der Waals surface area (Å²) in [5, 5.41) is 3.16. The molecule has 1 N–H and O–H groups in total. The number of nitrogens with one attached hydrogen (secondary N) is 1. The molecule has 1 amide bonds. The van der Waals surface area contributed by atoms with E-state index in [2.05, 4.69) is 10.3 Å². The van der Waals surface area contributed by atoms with Crippen molar-refractivity contribution in [3.8, 4) is 5.75 Å². The van der Waals surface area contributed by atoms with Crippen molar-refractivity contribution in [1.82, 2.24) is 4.98 Å². The molecule has 0 saturated heterocycles. The zero-order valence-corrected chi connectivity index (χ0v) is 12.6. The van der Waals surface area contributed by atoms with Gasteiger partial charge in [0.25, 0.3) is 5.91 Å². The smallest absolute Gasteiger partial charge is 0.264 e. The number of anilines is 1. The maximum Gasteiger partial charge on any atom is 0.264 e. The minimum Gasteiger partial charge on any atom is -0.481 e. The first-order valence-corrected chi connectivity index (χ1v) is 7.48. The Labute approximate surface area is 130 Å². The van der Waals surface area contributed by atoms with Crippen molar-refractivity contribution in [2.45, 2.75) is 6.92 Å². The monoisotopic (exact) mass is 316 g/mol. The topological polar surface area (TPSA) is 51.2 Å². The van der Waals surface area contributed by atoms with E-state index in [4.69, 9.17) is 4.74 Å². The lowest BCUT2D eigenvalue weighted by Gasteiger charge is -2.06. The van der Waals surface area contributed by atoms with E-state index in [1.807, 2.05) is 25.1 Å². The summed E-state index contributed by atoms with van der Waals surface area (Å²) in [6, 6.07) is 11.9. The number of ether oxygens (including phenoxy) is 1. The molecule has 1 aromatic heterocycles. The fourth-order valence-electron chi connectivity index (χ4n) is 1.95. The molecule has 0 unspecified atom stereocenters. The van der Waals surface area contributed by atoms with Crippen LogP contribution in [-0.2, 0) is 4.79 Å². The van der Waals surface area contributed by atoms with Crippen LogP contribution >= 0.6 is 11.3 Å². The lowest BCUT2D eigenvalue weighted by atomic mass is 10.2. The van der Waals surface area contributed by atoms with Gasteiger partial charge in [-0.3, -0.25) is 10.1 Å². The minimum absolute atomic E-state index is 0.0533. The second-order valence-corrected chi connectivity index (χ2v) is 5.79. The molecule has 0 aliphatic rings. The first-order valence-electron chi connectivity index (χ1n) is 6.66. The van der Waals surface area contributed by atoms with E-state index in [0.29, 0.717) is 5.13 Å². The fraction of sp³-hybridized carbons (Fsp3) is 0.125. The standard InChI is InChI=1S/C16H13FN2O2S/c1-10-6-7-12-14(8-10)22-16(18-12)19-15(20)9-21-13-5-3-2-4-11(13)17/h2-8H,9H2,1H3,(H,18,19,20). The van der Waals surface area contributed by atoms with E-state index in [9.17, 15) is 9.18 Å². The van der Waals surface area contributed by atoms with Gasteiger partial charge in [0.05, 0.1) is 10.2 Å². The summed E-state index contributed by atoms with van der Waals surface area (Å²) in [5.41, 5.74) is 1.97. The molecule has 22 heavy (non-hydrogen) atoms. The molecular weight excluding hydrogens is 303 g/mol. The summed E-state index contributed by atoms with van der Waals surface area (Å²) in [6.07, 6.45) is 0. The van der Waals surface area contributed by atoms with Crippen molar-refractivity contribution < 1.29 is 13.9 Å². The number of nitrogens with zero attached hydrogens (tertiary/aromatic N) is 1. The molecule has 6 heteroatoms. The largest absolute Gasteiger partial charge is 0.481 e. The highest BCUT2D eigenvalue weighted by Gasteiger charge is 2.10. The second-order valence-electron chi connectivity index (χ2n) is 4.76.